The van der Waals surface area contributed by atoms with E-state index < -0.39 is 5.97 Å². The first-order valence-electron chi connectivity index (χ1n) is 9.56. The molecule has 1 N–H and O–H groups in total. The van der Waals surface area contributed by atoms with Crippen LogP contribution < -0.4 is 0 Å². The van der Waals surface area contributed by atoms with E-state index in [1.807, 2.05) is 0 Å². The number of nitrogens with zero attached hydrogens (tertiary/aromatic N) is 2. The van der Waals surface area contributed by atoms with Gasteiger partial charge in [-0.05, 0) is 35.1 Å². The van der Waals surface area contributed by atoms with E-state index in [1.165, 1.54) is 22.3 Å². The summed E-state index contributed by atoms with van der Waals surface area (Å²) in [6.45, 7) is 4.49. The fourth-order valence-corrected chi connectivity index (χ4v) is 4.39. The SMILES string of the molecule is Cl.O=C(O)CCN1CCN(C2c3ccccc3CCc3ccccc32)CC1. The minimum absolute atomic E-state index is 0. The van der Waals surface area contributed by atoms with E-state index >= 15 is 0 Å². The minimum Gasteiger partial charge on any atom is -0.481 e. The van der Waals surface area contributed by atoms with Gasteiger partial charge in [0.25, 0.3) is 0 Å². The van der Waals surface area contributed by atoms with Crippen LogP contribution in [0, 0.1) is 0 Å². The summed E-state index contributed by atoms with van der Waals surface area (Å²) in [5, 5.41) is 8.91. The fourth-order valence-electron chi connectivity index (χ4n) is 4.39. The summed E-state index contributed by atoms with van der Waals surface area (Å²) in [6, 6.07) is 18.1. The van der Waals surface area contributed by atoms with Crippen LogP contribution in [0.1, 0.15) is 34.7 Å². The quantitative estimate of drug-likeness (QED) is 0.874. The van der Waals surface area contributed by atoms with E-state index in [2.05, 4.69) is 58.3 Å². The van der Waals surface area contributed by atoms with Crippen molar-refractivity contribution in [2.24, 2.45) is 0 Å². The maximum absolute atomic E-state index is 10.8. The number of aryl methyl sites for hydroxylation is 2. The molecule has 5 heteroatoms. The lowest BCUT2D eigenvalue weighted by atomic mass is 9.92. The summed E-state index contributed by atoms with van der Waals surface area (Å²) >= 11 is 0. The molecule has 2 aliphatic rings. The number of halogens is 1. The second-order valence-corrected chi connectivity index (χ2v) is 7.32. The molecule has 1 saturated heterocycles. The van der Waals surface area contributed by atoms with E-state index in [-0.39, 0.29) is 18.8 Å². The van der Waals surface area contributed by atoms with Crippen molar-refractivity contribution in [1.29, 1.82) is 0 Å². The van der Waals surface area contributed by atoms with Crippen molar-refractivity contribution in [2.45, 2.75) is 25.3 Å². The van der Waals surface area contributed by atoms with Gasteiger partial charge in [0.2, 0.25) is 0 Å². The lowest BCUT2D eigenvalue weighted by Crippen LogP contribution is -2.48. The normalized spacial score (nSPS) is 18.1. The monoisotopic (exact) mass is 386 g/mol. The molecule has 0 bridgehead atoms. The van der Waals surface area contributed by atoms with Crippen LogP contribution in [-0.4, -0.2) is 53.6 Å². The van der Waals surface area contributed by atoms with Crippen LogP contribution >= 0.6 is 12.4 Å². The van der Waals surface area contributed by atoms with Crippen LogP contribution in [0.25, 0.3) is 0 Å². The maximum Gasteiger partial charge on any atom is 0.304 e. The fraction of sp³-hybridized carbons (Fsp3) is 0.409. The van der Waals surface area contributed by atoms with Crippen LogP contribution in [0.5, 0.6) is 0 Å². The van der Waals surface area contributed by atoms with Gasteiger partial charge in [-0.15, -0.1) is 12.4 Å². The summed E-state index contributed by atoms with van der Waals surface area (Å²) in [5.41, 5.74) is 5.80. The van der Waals surface area contributed by atoms with Gasteiger partial charge in [-0.2, -0.15) is 0 Å². The molecule has 4 rings (SSSR count). The molecule has 1 heterocycles. The number of aliphatic carboxylic acids is 1. The summed E-state index contributed by atoms with van der Waals surface area (Å²) in [6.07, 6.45) is 2.43. The molecule has 1 aliphatic heterocycles. The van der Waals surface area contributed by atoms with Gasteiger partial charge in [0.05, 0.1) is 12.5 Å². The van der Waals surface area contributed by atoms with Crippen molar-refractivity contribution < 1.29 is 9.90 Å². The summed E-state index contributed by atoms with van der Waals surface area (Å²) in [7, 11) is 0. The first kappa shape index (κ1) is 19.9. The van der Waals surface area contributed by atoms with Crippen molar-refractivity contribution in [2.75, 3.05) is 32.7 Å². The molecule has 0 atom stereocenters. The van der Waals surface area contributed by atoms with Gasteiger partial charge < -0.3 is 10.0 Å². The first-order chi connectivity index (χ1) is 12.7. The van der Waals surface area contributed by atoms with Gasteiger partial charge in [-0.25, -0.2) is 0 Å². The van der Waals surface area contributed by atoms with Gasteiger partial charge in [-0.3, -0.25) is 9.69 Å². The Morgan fingerprint density at radius 2 is 1.41 bits per heavy atom. The topological polar surface area (TPSA) is 43.8 Å². The predicted molar refractivity (Wildman–Crippen MR) is 110 cm³/mol. The zero-order valence-electron chi connectivity index (χ0n) is 15.5. The van der Waals surface area contributed by atoms with Crippen molar-refractivity contribution >= 4 is 18.4 Å². The first-order valence-corrected chi connectivity index (χ1v) is 9.56. The number of hydrogen-bond donors (Lipinski definition) is 1. The van der Waals surface area contributed by atoms with Crippen molar-refractivity contribution in [3.05, 3.63) is 70.8 Å². The number of hydrogen-bond acceptors (Lipinski definition) is 3. The highest BCUT2D eigenvalue weighted by molar-refractivity contribution is 5.85. The molecule has 144 valence electrons. The zero-order chi connectivity index (χ0) is 17.9. The lowest BCUT2D eigenvalue weighted by Gasteiger charge is -2.40. The molecule has 0 aromatic heterocycles. The molecule has 0 unspecified atom stereocenters. The third-order valence-corrected chi connectivity index (χ3v) is 5.78. The Kier molecular flexibility index (Phi) is 6.53. The molecule has 1 aliphatic carbocycles. The second-order valence-electron chi connectivity index (χ2n) is 7.32. The van der Waals surface area contributed by atoms with Gasteiger partial charge in [0, 0.05) is 32.7 Å². The molecule has 4 nitrogen and oxygen atoms in total. The third-order valence-electron chi connectivity index (χ3n) is 5.78. The standard InChI is InChI=1S/C22H26N2O2.ClH/c25-21(26)11-12-23-13-15-24(16-14-23)22-19-7-3-1-5-17(19)9-10-18-6-2-4-8-20(18)22;/h1-8,22H,9-16H2,(H,25,26);1H. The van der Waals surface area contributed by atoms with E-state index in [9.17, 15) is 4.79 Å². The average Bonchev–Trinajstić information content (AvgIpc) is 2.84. The number of benzene rings is 2. The number of carboxylic acid groups (broad SMARTS) is 1. The molecule has 2 aromatic carbocycles. The Morgan fingerprint density at radius 3 is 1.93 bits per heavy atom. The van der Waals surface area contributed by atoms with Gasteiger partial charge in [0.15, 0.2) is 0 Å². The Balaban J connectivity index is 0.00000210. The van der Waals surface area contributed by atoms with Gasteiger partial charge >= 0.3 is 5.97 Å². The van der Waals surface area contributed by atoms with Crippen molar-refractivity contribution in [3.8, 4) is 0 Å². The molecular formula is C22H27ClN2O2. The number of piperazine rings is 1. The molecule has 0 saturated carbocycles. The number of fused-ring (bicyclic) bond motifs is 2. The Bertz CT molecular complexity index is 740. The summed E-state index contributed by atoms with van der Waals surface area (Å²) < 4.78 is 0. The molecule has 0 amide bonds. The molecule has 2 aromatic rings. The van der Waals surface area contributed by atoms with E-state index in [0.717, 1.165) is 39.0 Å². The highest BCUT2D eigenvalue weighted by Crippen LogP contribution is 2.37. The van der Waals surface area contributed by atoms with Crippen LogP contribution in [0.15, 0.2) is 48.5 Å². The van der Waals surface area contributed by atoms with Crippen LogP contribution in [0.4, 0.5) is 0 Å². The molecule has 0 radical (unpaired) electrons. The highest BCUT2D eigenvalue weighted by atomic mass is 35.5. The van der Waals surface area contributed by atoms with Crippen LogP contribution in [-0.2, 0) is 17.6 Å². The van der Waals surface area contributed by atoms with Crippen LogP contribution in [0.3, 0.4) is 0 Å². The van der Waals surface area contributed by atoms with Gasteiger partial charge in [-0.1, -0.05) is 48.5 Å². The second kappa shape index (κ2) is 8.87. The van der Waals surface area contributed by atoms with E-state index in [4.69, 9.17) is 5.11 Å². The molecule has 27 heavy (non-hydrogen) atoms. The zero-order valence-corrected chi connectivity index (χ0v) is 16.3. The third kappa shape index (κ3) is 4.34. The van der Waals surface area contributed by atoms with E-state index in [1.54, 1.807) is 0 Å². The maximum atomic E-state index is 10.8. The van der Waals surface area contributed by atoms with E-state index in [0.29, 0.717) is 12.6 Å². The lowest BCUT2D eigenvalue weighted by molar-refractivity contribution is -0.137. The number of rotatable bonds is 4. The van der Waals surface area contributed by atoms with Crippen molar-refractivity contribution in [3.63, 3.8) is 0 Å². The Labute approximate surface area is 167 Å². The summed E-state index contributed by atoms with van der Waals surface area (Å²) in [4.78, 5) is 15.7. The molecule has 1 fully saturated rings. The number of carbonyl (C=O) groups is 1. The van der Waals surface area contributed by atoms with Gasteiger partial charge in [0.1, 0.15) is 0 Å². The highest BCUT2D eigenvalue weighted by Gasteiger charge is 2.30. The molecular weight excluding hydrogens is 360 g/mol. The average molecular weight is 387 g/mol. The predicted octanol–water partition coefficient (Wildman–Crippen LogP) is 3.39. The Morgan fingerprint density at radius 1 is 0.889 bits per heavy atom. The largest absolute Gasteiger partial charge is 0.481 e. The minimum atomic E-state index is -0.709. The summed E-state index contributed by atoms with van der Waals surface area (Å²) in [5.74, 6) is -0.709. The smallest absolute Gasteiger partial charge is 0.304 e. The van der Waals surface area contributed by atoms with Crippen molar-refractivity contribution in [1.82, 2.24) is 9.80 Å². The Hall–Kier alpha value is -1.88. The number of carboxylic acids is 1. The van der Waals surface area contributed by atoms with Crippen LogP contribution in [0.2, 0.25) is 0 Å². The molecule has 0 spiro atoms.